The Morgan fingerprint density at radius 1 is 1.05 bits per heavy atom. The van der Waals surface area contributed by atoms with Crippen molar-refractivity contribution in [2.24, 2.45) is 0 Å². The van der Waals surface area contributed by atoms with E-state index in [1.807, 2.05) is 37.8 Å². The molecule has 2 nitrogen and oxygen atoms in total. The number of hydrogen-bond acceptors (Lipinski definition) is 2. The van der Waals surface area contributed by atoms with E-state index in [1.165, 1.54) is 6.07 Å². The summed E-state index contributed by atoms with van der Waals surface area (Å²) in [6.07, 6.45) is -0.393. The zero-order valence-corrected chi connectivity index (χ0v) is 14.2. The van der Waals surface area contributed by atoms with Crippen molar-refractivity contribution in [1.82, 2.24) is 0 Å². The Morgan fingerprint density at radius 2 is 1.64 bits per heavy atom. The molecule has 1 atom stereocenters. The Hall–Kier alpha value is -1.78. The van der Waals surface area contributed by atoms with Crippen LogP contribution < -0.4 is 0 Å². The highest BCUT2D eigenvalue weighted by molar-refractivity contribution is 6.69. The average molecular weight is 316 g/mol. The minimum absolute atomic E-state index is 0.0351. The summed E-state index contributed by atoms with van der Waals surface area (Å²) in [6, 6.07) is 15.6. The monoisotopic (exact) mass is 316 g/mol. The SMILES string of the molecule is C[Si](C)(C)O[C@@H](CC(=O)c1ccccc1)c1ccccc1F. The van der Waals surface area contributed by atoms with Crippen LogP contribution in [0.25, 0.3) is 0 Å². The van der Waals surface area contributed by atoms with Gasteiger partial charge in [-0.1, -0.05) is 48.5 Å². The summed E-state index contributed by atoms with van der Waals surface area (Å²) in [6.45, 7) is 6.11. The van der Waals surface area contributed by atoms with Crippen molar-refractivity contribution in [3.63, 3.8) is 0 Å². The van der Waals surface area contributed by atoms with Crippen LogP contribution in [-0.2, 0) is 4.43 Å². The van der Waals surface area contributed by atoms with E-state index in [4.69, 9.17) is 4.43 Å². The zero-order chi connectivity index (χ0) is 16.2. The van der Waals surface area contributed by atoms with Crippen LogP contribution in [0.4, 0.5) is 4.39 Å². The van der Waals surface area contributed by atoms with Crippen molar-refractivity contribution in [2.45, 2.75) is 32.2 Å². The first kappa shape index (κ1) is 16.6. The van der Waals surface area contributed by atoms with Gasteiger partial charge in [-0.25, -0.2) is 4.39 Å². The number of hydrogen-bond donors (Lipinski definition) is 0. The van der Waals surface area contributed by atoms with Crippen LogP contribution in [0.5, 0.6) is 0 Å². The van der Waals surface area contributed by atoms with E-state index in [0.717, 1.165) is 0 Å². The average Bonchev–Trinajstić information content (AvgIpc) is 2.46. The van der Waals surface area contributed by atoms with Crippen LogP contribution in [0.1, 0.15) is 28.4 Å². The van der Waals surface area contributed by atoms with Gasteiger partial charge in [-0.2, -0.15) is 0 Å². The molecule has 0 unspecified atom stereocenters. The highest BCUT2D eigenvalue weighted by Crippen LogP contribution is 2.28. The number of rotatable bonds is 6. The maximum atomic E-state index is 14.1. The lowest BCUT2D eigenvalue weighted by Gasteiger charge is -2.26. The minimum Gasteiger partial charge on any atom is -0.410 e. The van der Waals surface area contributed by atoms with Gasteiger partial charge in [-0.3, -0.25) is 4.79 Å². The summed E-state index contributed by atoms with van der Waals surface area (Å²) in [4.78, 5) is 12.4. The van der Waals surface area contributed by atoms with Gasteiger partial charge in [0.15, 0.2) is 14.1 Å². The molecule has 22 heavy (non-hydrogen) atoms. The Labute approximate surface area is 132 Å². The van der Waals surface area contributed by atoms with Gasteiger partial charge in [-0.05, 0) is 25.7 Å². The lowest BCUT2D eigenvalue weighted by molar-refractivity contribution is 0.0897. The summed E-state index contributed by atoms with van der Waals surface area (Å²) in [5.41, 5.74) is 1.08. The normalized spacial score (nSPS) is 12.9. The van der Waals surface area contributed by atoms with Crippen LogP contribution >= 0.6 is 0 Å². The van der Waals surface area contributed by atoms with Gasteiger partial charge >= 0.3 is 0 Å². The standard InChI is InChI=1S/C18H21FO2Si/c1-22(2,3)21-18(15-11-7-8-12-16(15)19)13-17(20)14-9-5-4-6-10-14/h4-12,18H,13H2,1-3H3/t18-/m0/s1. The van der Waals surface area contributed by atoms with Crippen LogP contribution in [0, 0.1) is 5.82 Å². The minimum atomic E-state index is -1.91. The molecule has 2 rings (SSSR count). The smallest absolute Gasteiger partial charge is 0.184 e. The molecule has 116 valence electrons. The van der Waals surface area contributed by atoms with Gasteiger partial charge in [0.05, 0.1) is 6.10 Å². The van der Waals surface area contributed by atoms with Crippen molar-refractivity contribution in [3.8, 4) is 0 Å². The molecule has 0 bridgehead atoms. The van der Waals surface area contributed by atoms with Gasteiger partial charge in [0, 0.05) is 17.5 Å². The van der Waals surface area contributed by atoms with E-state index < -0.39 is 14.4 Å². The number of benzene rings is 2. The third kappa shape index (κ3) is 4.61. The maximum absolute atomic E-state index is 14.1. The molecule has 0 radical (unpaired) electrons. The molecule has 0 amide bonds. The summed E-state index contributed by atoms with van der Waals surface area (Å²) in [7, 11) is -1.91. The second-order valence-electron chi connectivity index (χ2n) is 6.23. The fraction of sp³-hybridized carbons (Fsp3) is 0.278. The van der Waals surface area contributed by atoms with E-state index in [1.54, 1.807) is 30.3 Å². The molecule has 0 N–H and O–H groups in total. The van der Waals surface area contributed by atoms with Crippen molar-refractivity contribution in [3.05, 3.63) is 71.5 Å². The number of Topliss-reactive ketones (excluding diaryl/α,β-unsaturated/α-hetero) is 1. The molecule has 0 aliphatic rings. The quantitative estimate of drug-likeness (QED) is 0.554. The first-order valence-electron chi connectivity index (χ1n) is 7.37. The zero-order valence-electron chi connectivity index (χ0n) is 13.2. The largest absolute Gasteiger partial charge is 0.410 e. The maximum Gasteiger partial charge on any atom is 0.184 e. The predicted octanol–water partition coefficient (Wildman–Crippen LogP) is 4.99. The Morgan fingerprint density at radius 3 is 2.23 bits per heavy atom. The van der Waals surface area contributed by atoms with Gasteiger partial charge in [0.25, 0.3) is 0 Å². The van der Waals surface area contributed by atoms with Gasteiger partial charge in [0.2, 0.25) is 0 Å². The molecule has 0 aliphatic heterocycles. The molecule has 2 aromatic carbocycles. The first-order chi connectivity index (χ1) is 10.4. The summed E-state index contributed by atoms with van der Waals surface area (Å²) in [5.74, 6) is -0.362. The number of carbonyl (C=O) groups is 1. The second-order valence-corrected chi connectivity index (χ2v) is 10.7. The van der Waals surface area contributed by atoms with Gasteiger partial charge in [0.1, 0.15) is 5.82 Å². The highest BCUT2D eigenvalue weighted by atomic mass is 28.4. The number of halogens is 1. The van der Waals surface area contributed by atoms with Crippen molar-refractivity contribution in [1.29, 1.82) is 0 Å². The molecule has 0 fully saturated rings. The topological polar surface area (TPSA) is 26.3 Å². The van der Waals surface area contributed by atoms with E-state index in [0.29, 0.717) is 11.1 Å². The number of ketones is 1. The summed E-state index contributed by atoms with van der Waals surface area (Å²) >= 11 is 0. The Bertz CT molecular complexity index is 635. The molecule has 0 spiro atoms. The van der Waals surface area contributed by atoms with E-state index >= 15 is 0 Å². The van der Waals surface area contributed by atoms with Crippen LogP contribution in [-0.4, -0.2) is 14.1 Å². The lowest BCUT2D eigenvalue weighted by atomic mass is 10.00. The Kier molecular flexibility index (Phi) is 5.27. The molecule has 0 aliphatic carbocycles. The molecule has 0 saturated heterocycles. The van der Waals surface area contributed by atoms with E-state index in [2.05, 4.69) is 0 Å². The molecule has 2 aromatic rings. The molecule has 0 heterocycles. The van der Waals surface area contributed by atoms with Crippen LogP contribution in [0.15, 0.2) is 54.6 Å². The second kappa shape index (κ2) is 6.98. The van der Waals surface area contributed by atoms with Crippen molar-refractivity contribution < 1.29 is 13.6 Å². The fourth-order valence-corrected chi connectivity index (χ4v) is 3.35. The molecular weight excluding hydrogens is 295 g/mol. The van der Waals surface area contributed by atoms with Crippen LogP contribution in [0.2, 0.25) is 19.6 Å². The predicted molar refractivity (Wildman–Crippen MR) is 89.0 cm³/mol. The molecule has 0 aromatic heterocycles. The molecular formula is C18H21FO2Si. The molecule has 0 saturated carbocycles. The van der Waals surface area contributed by atoms with Crippen molar-refractivity contribution >= 4 is 14.1 Å². The van der Waals surface area contributed by atoms with Gasteiger partial charge < -0.3 is 4.43 Å². The highest BCUT2D eigenvalue weighted by Gasteiger charge is 2.26. The van der Waals surface area contributed by atoms with Gasteiger partial charge in [-0.15, -0.1) is 0 Å². The summed E-state index contributed by atoms with van der Waals surface area (Å²) in [5, 5.41) is 0. The summed E-state index contributed by atoms with van der Waals surface area (Å²) < 4.78 is 20.2. The Balaban J connectivity index is 2.26. The third-order valence-corrected chi connectivity index (χ3v) is 4.21. The van der Waals surface area contributed by atoms with E-state index in [9.17, 15) is 9.18 Å². The fourth-order valence-electron chi connectivity index (χ4n) is 2.29. The molecule has 4 heteroatoms. The van der Waals surface area contributed by atoms with Crippen LogP contribution in [0.3, 0.4) is 0 Å². The van der Waals surface area contributed by atoms with E-state index in [-0.39, 0.29) is 18.0 Å². The van der Waals surface area contributed by atoms with Crippen molar-refractivity contribution in [2.75, 3.05) is 0 Å². The lowest BCUT2D eigenvalue weighted by Crippen LogP contribution is -2.29. The third-order valence-electron chi connectivity index (χ3n) is 3.21. The number of carbonyl (C=O) groups excluding carboxylic acids is 1. The first-order valence-corrected chi connectivity index (χ1v) is 10.8.